The minimum atomic E-state index is -0.0210. The summed E-state index contributed by atoms with van der Waals surface area (Å²) >= 11 is 0. The largest absolute Gasteiger partial charge is 0.381 e. The van der Waals surface area contributed by atoms with Crippen LogP contribution in [0, 0.1) is 5.92 Å². The van der Waals surface area contributed by atoms with Crippen molar-refractivity contribution in [3.05, 3.63) is 35.4 Å². The van der Waals surface area contributed by atoms with E-state index in [2.05, 4.69) is 5.32 Å². The summed E-state index contributed by atoms with van der Waals surface area (Å²) < 4.78 is 5.25. The molecular formula is C17H22N2O3. The SMILES string of the molecule is O=C(NCc1ccccc1CN1CCCC1=O)C1CCOC1. The van der Waals surface area contributed by atoms with Crippen LogP contribution in [0.4, 0.5) is 0 Å². The first-order valence-corrected chi connectivity index (χ1v) is 7.94. The van der Waals surface area contributed by atoms with Crippen molar-refractivity contribution in [1.82, 2.24) is 10.2 Å². The van der Waals surface area contributed by atoms with Crippen molar-refractivity contribution in [2.24, 2.45) is 5.92 Å². The van der Waals surface area contributed by atoms with Crippen LogP contribution >= 0.6 is 0 Å². The summed E-state index contributed by atoms with van der Waals surface area (Å²) in [6, 6.07) is 7.99. The van der Waals surface area contributed by atoms with Gasteiger partial charge in [-0.1, -0.05) is 24.3 Å². The van der Waals surface area contributed by atoms with E-state index in [-0.39, 0.29) is 17.7 Å². The Labute approximate surface area is 130 Å². The summed E-state index contributed by atoms with van der Waals surface area (Å²) in [6.07, 6.45) is 2.40. The molecule has 0 aromatic heterocycles. The van der Waals surface area contributed by atoms with E-state index >= 15 is 0 Å². The molecule has 1 N–H and O–H groups in total. The first kappa shape index (κ1) is 15.0. The van der Waals surface area contributed by atoms with Crippen LogP contribution < -0.4 is 5.32 Å². The average Bonchev–Trinajstić information content (AvgIpc) is 3.19. The molecule has 1 unspecified atom stereocenters. The van der Waals surface area contributed by atoms with Crippen molar-refractivity contribution in [3.8, 4) is 0 Å². The predicted molar refractivity (Wildman–Crippen MR) is 81.9 cm³/mol. The molecule has 2 aliphatic heterocycles. The Hall–Kier alpha value is -1.88. The molecule has 3 rings (SSSR count). The molecule has 1 aromatic rings. The Morgan fingerprint density at radius 1 is 1.32 bits per heavy atom. The highest BCUT2D eigenvalue weighted by Crippen LogP contribution is 2.18. The van der Waals surface area contributed by atoms with E-state index in [9.17, 15) is 9.59 Å². The molecular weight excluding hydrogens is 280 g/mol. The van der Waals surface area contributed by atoms with Gasteiger partial charge in [0.25, 0.3) is 0 Å². The van der Waals surface area contributed by atoms with Gasteiger partial charge in [0.1, 0.15) is 0 Å². The molecule has 2 aliphatic rings. The Balaban J connectivity index is 1.60. The number of carbonyl (C=O) groups is 2. The van der Waals surface area contributed by atoms with Gasteiger partial charge < -0.3 is 15.0 Å². The maximum atomic E-state index is 12.1. The third kappa shape index (κ3) is 3.47. The second-order valence-electron chi connectivity index (χ2n) is 5.97. The van der Waals surface area contributed by atoms with Crippen LogP contribution in [0.15, 0.2) is 24.3 Å². The van der Waals surface area contributed by atoms with Gasteiger partial charge in [0, 0.05) is 32.7 Å². The molecule has 2 amide bonds. The topological polar surface area (TPSA) is 58.6 Å². The lowest BCUT2D eigenvalue weighted by Gasteiger charge is -2.18. The van der Waals surface area contributed by atoms with E-state index in [1.165, 1.54) is 0 Å². The fourth-order valence-corrected chi connectivity index (χ4v) is 3.03. The van der Waals surface area contributed by atoms with Gasteiger partial charge in [0.2, 0.25) is 11.8 Å². The van der Waals surface area contributed by atoms with Crippen LogP contribution in [-0.2, 0) is 27.4 Å². The minimum Gasteiger partial charge on any atom is -0.381 e. The van der Waals surface area contributed by atoms with E-state index in [0.717, 1.165) is 30.5 Å². The second-order valence-corrected chi connectivity index (χ2v) is 5.97. The number of hydrogen-bond acceptors (Lipinski definition) is 3. The number of carbonyl (C=O) groups excluding carboxylic acids is 2. The number of nitrogens with one attached hydrogen (secondary N) is 1. The maximum Gasteiger partial charge on any atom is 0.225 e. The third-order valence-electron chi connectivity index (χ3n) is 4.40. The zero-order chi connectivity index (χ0) is 15.4. The zero-order valence-electron chi connectivity index (χ0n) is 12.7. The number of ether oxygens (including phenoxy) is 1. The molecule has 2 fully saturated rings. The summed E-state index contributed by atoms with van der Waals surface area (Å²) in [5, 5.41) is 3.00. The number of nitrogens with zero attached hydrogens (tertiary/aromatic N) is 1. The highest BCUT2D eigenvalue weighted by molar-refractivity contribution is 5.79. The van der Waals surface area contributed by atoms with Gasteiger partial charge in [0.15, 0.2) is 0 Å². The summed E-state index contributed by atoms with van der Waals surface area (Å²) in [5.41, 5.74) is 2.19. The highest BCUT2D eigenvalue weighted by Gasteiger charge is 2.24. The summed E-state index contributed by atoms with van der Waals surface area (Å²) in [5.74, 6) is 0.263. The van der Waals surface area contributed by atoms with E-state index < -0.39 is 0 Å². The first-order valence-electron chi connectivity index (χ1n) is 7.94. The van der Waals surface area contributed by atoms with E-state index in [1.54, 1.807) is 0 Å². The molecule has 0 aliphatic carbocycles. The average molecular weight is 302 g/mol. The van der Waals surface area contributed by atoms with Crippen LogP contribution in [0.3, 0.4) is 0 Å². The van der Waals surface area contributed by atoms with Crippen molar-refractivity contribution in [2.45, 2.75) is 32.4 Å². The van der Waals surface area contributed by atoms with Crippen molar-refractivity contribution >= 4 is 11.8 Å². The Kier molecular flexibility index (Phi) is 4.73. The lowest BCUT2D eigenvalue weighted by atomic mass is 10.1. The fourth-order valence-electron chi connectivity index (χ4n) is 3.03. The number of amides is 2. The molecule has 2 heterocycles. The lowest BCUT2D eigenvalue weighted by molar-refractivity contribution is -0.128. The monoisotopic (exact) mass is 302 g/mol. The molecule has 0 radical (unpaired) electrons. The number of likely N-dealkylation sites (tertiary alicyclic amines) is 1. The molecule has 0 spiro atoms. The molecule has 118 valence electrons. The van der Waals surface area contributed by atoms with Crippen LogP contribution in [-0.4, -0.2) is 36.5 Å². The van der Waals surface area contributed by atoms with Gasteiger partial charge in [0.05, 0.1) is 12.5 Å². The smallest absolute Gasteiger partial charge is 0.225 e. The Morgan fingerprint density at radius 3 is 2.82 bits per heavy atom. The second kappa shape index (κ2) is 6.92. The summed E-state index contributed by atoms with van der Waals surface area (Å²) in [7, 11) is 0. The third-order valence-corrected chi connectivity index (χ3v) is 4.40. The molecule has 1 atom stereocenters. The van der Waals surface area contributed by atoms with Crippen molar-refractivity contribution in [1.29, 1.82) is 0 Å². The molecule has 22 heavy (non-hydrogen) atoms. The molecule has 5 heteroatoms. The van der Waals surface area contributed by atoms with Crippen LogP contribution in [0.1, 0.15) is 30.4 Å². The quantitative estimate of drug-likeness (QED) is 0.896. The standard InChI is InChI=1S/C17H22N2O3/c20-16-6-3-8-19(16)11-14-5-2-1-4-13(14)10-18-17(21)15-7-9-22-12-15/h1-2,4-5,15H,3,6-12H2,(H,18,21). The normalized spacial score (nSPS) is 21.4. The summed E-state index contributed by atoms with van der Waals surface area (Å²) in [6.45, 7) is 3.17. The Bertz CT molecular complexity index is 553. The first-order chi connectivity index (χ1) is 10.7. The highest BCUT2D eigenvalue weighted by atomic mass is 16.5. The Morgan fingerprint density at radius 2 is 2.14 bits per heavy atom. The van der Waals surface area contributed by atoms with Crippen LogP contribution in [0.2, 0.25) is 0 Å². The van der Waals surface area contributed by atoms with E-state index in [1.807, 2.05) is 29.2 Å². The number of hydrogen-bond donors (Lipinski definition) is 1. The fraction of sp³-hybridized carbons (Fsp3) is 0.529. The molecule has 5 nitrogen and oxygen atoms in total. The minimum absolute atomic E-state index is 0.0210. The van der Waals surface area contributed by atoms with E-state index in [0.29, 0.717) is 32.7 Å². The van der Waals surface area contributed by atoms with Gasteiger partial charge in [-0.3, -0.25) is 9.59 Å². The molecule has 0 saturated carbocycles. The van der Waals surface area contributed by atoms with E-state index in [4.69, 9.17) is 4.74 Å². The van der Waals surface area contributed by atoms with Crippen molar-refractivity contribution in [2.75, 3.05) is 19.8 Å². The van der Waals surface area contributed by atoms with Crippen LogP contribution in [0.5, 0.6) is 0 Å². The van der Waals surface area contributed by atoms with Crippen molar-refractivity contribution < 1.29 is 14.3 Å². The zero-order valence-corrected chi connectivity index (χ0v) is 12.7. The van der Waals surface area contributed by atoms with Crippen molar-refractivity contribution in [3.63, 3.8) is 0 Å². The van der Waals surface area contributed by atoms with Gasteiger partial charge in [-0.15, -0.1) is 0 Å². The molecule has 2 saturated heterocycles. The van der Waals surface area contributed by atoms with Gasteiger partial charge in [-0.2, -0.15) is 0 Å². The van der Waals surface area contributed by atoms with Gasteiger partial charge >= 0.3 is 0 Å². The number of benzene rings is 1. The predicted octanol–water partition coefficient (Wildman–Crippen LogP) is 1.46. The van der Waals surface area contributed by atoms with Crippen LogP contribution in [0.25, 0.3) is 0 Å². The maximum absolute atomic E-state index is 12.1. The number of rotatable bonds is 5. The van der Waals surface area contributed by atoms with Gasteiger partial charge in [-0.05, 0) is 24.0 Å². The summed E-state index contributed by atoms with van der Waals surface area (Å²) in [4.78, 5) is 25.7. The molecule has 0 bridgehead atoms. The van der Waals surface area contributed by atoms with Gasteiger partial charge in [-0.25, -0.2) is 0 Å². The lowest BCUT2D eigenvalue weighted by Crippen LogP contribution is -2.31. The molecule has 1 aromatic carbocycles.